The van der Waals surface area contributed by atoms with Crippen LogP contribution in [0.1, 0.15) is 115 Å². The first-order valence-corrected chi connectivity index (χ1v) is 21.1. The number of benzene rings is 2. The lowest BCUT2D eigenvalue weighted by atomic mass is 9.78. The molecule has 0 saturated carbocycles. The zero-order valence-corrected chi connectivity index (χ0v) is 37.0. The summed E-state index contributed by atoms with van der Waals surface area (Å²) in [4.78, 5) is 45.9. The summed E-state index contributed by atoms with van der Waals surface area (Å²) in [5.41, 5.74) is -0.543. The van der Waals surface area contributed by atoms with E-state index in [-0.39, 0.29) is 51.1 Å². The molecule has 61 heavy (non-hydrogen) atoms. The number of methoxy groups -OCH3 is 1. The van der Waals surface area contributed by atoms with Crippen molar-refractivity contribution in [2.24, 2.45) is 28.8 Å². The number of rotatable bonds is 11. The average molecular weight is 853 g/mol. The second-order valence-electron chi connectivity index (χ2n) is 16.5. The minimum Gasteiger partial charge on any atom is -0.507 e. The molecular formula is C46H64N2O13. The fourth-order valence-electron chi connectivity index (χ4n) is 7.96. The van der Waals surface area contributed by atoms with Crippen LogP contribution in [-0.2, 0) is 28.6 Å². The molecule has 9 unspecified atom stereocenters. The van der Waals surface area contributed by atoms with Crippen molar-refractivity contribution in [2.45, 2.75) is 131 Å². The van der Waals surface area contributed by atoms with E-state index in [1.54, 1.807) is 39.8 Å². The number of phenolic OH excluding ortho intramolecular Hbond substituents is 3. The zero-order valence-electron chi connectivity index (χ0n) is 37.0. The number of carbonyl (C=O) groups is 3. The number of phenols is 3. The smallest absolute Gasteiger partial charge is 0.312 e. The monoisotopic (exact) mass is 852 g/mol. The van der Waals surface area contributed by atoms with E-state index >= 15 is 0 Å². The quantitative estimate of drug-likeness (QED) is 0.0323. The third-order valence-corrected chi connectivity index (χ3v) is 11.9. The first-order chi connectivity index (χ1) is 28.8. The van der Waals surface area contributed by atoms with E-state index in [0.29, 0.717) is 0 Å². The molecule has 3 heterocycles. The predicted molar refractivity (Wildman–Crippen MR) is 231 cm³/mol. The number of ether oxygens (including phenoxy) is 4. The molecule has 0 saturated heterocycles. The molecule has 2 aromatic rings. The first-order valence-electron chi connectivity index (χ1n) is 21.1. The maximum absolute atomic E-state index is 14.4. The van der Waals surface area contributed by atoms with E-state index in [1.165, 1.54) is 53.2 Å². The molecule has 3 aliphatic heterocycles. The van der Waals surface area contributed by atoms with Crippen LogP contribution in [0.15, 0.2) is 41.3 Å². The average Bonchev–Trinajstić information content (AvgIpc) is 3.49. The van der Waals surface area contributed by atoms with Crippen molar-refractivity contribution >= 4 is 40.3 Å². The summed E-state index contributed by atoms with van der Waals surface area (Å²) < 4.78 is 23.6. The molecule has 15 nitrogen and oxygen atoms in total. The van der Waals surface area contributed by atoms with Crippen LogP contribution in [0.3, 0.4) is 0 Å². The second kappa shape index (κ2) is 21.1. The second-order valence-corrected chi connectivity index (χ2v) is 16.5. The minimum atomic E-state index is -2.06. The van der Waals surface area contributed by atoms with Gasteiger partial charge >= 0.3 is 11.8 Å². The molecule has 1 amide bonds. The number of aliphatic hydroxyl groups excluding tert-OH is 2. The number of oxime groups is 1. The molecule has 0 aromatic heterocycles. The van der Waals surface area contributed by atoms with Crippen molar-refractivity contribution in [1.29, 1.82) is 0 Å². The minimum absolute atomic E-state index is 0.0419. The lowest BCUT2D eigenvalue weighted by molar-refractivity contribution is -0.160. The third kappa shape index (κ3) is 10.7. The molecule has 0 aliphatic carbocycles. The van der Waals surface area contributed by atoms with Gasteiger partial charge in [0.15, 0.2) is 5.75 Å². The Balaban J connectivity index is 1.90. The Hall–Kier alpha value is -5.12. The fourth-order valence-corrected chi connectivity index (χ4v) is 7.96. The summed E-state index contributed by atoms with van der Waals surface area (Å²) in [5, 5.41) is 64.3. The van der Waals surface area contributed by atoms with Gasteiger partial charge in [0.05, 0.1) is 53.0 Å². The summed E-state index contributed by atoms with van der Waals surface area (Å²) in [6.07, 6.45) is 10.7. The Morgan fingerprint density at radius 2 is 1.59 bits per heavy atom. The lowest BCUT2D eigenvalue weighted by Crippen LogP contribution is -2.46. The maximum atomic E-state index is 14.4. The summed E-state index contributed by atoms with van der Waals surface area (Å²) in [6.45, 7) is 14.9. The highest BCUT2D eigenvalue weighted by molar-refractivity contribution is 6.23. The molecule has 5 rings (SSSR count). The highest BCUT2D eigenvalue weighted by atomic mass is 16.7. The summed E-state index contributed by atoms with van der Waals surface area (Å²) in [5.74, 6) is -8.55. The number of aliphatic hydroxyl groups is 2. The van der Waals surface area contributed by atoms with Crippen molar-refractivity contribution in [2.75, 3.05) is 19.0 Å². The SMILES string of the molecule is CCCCCCCCO/N=C/c1c2c(O)c3c(O)c(C)c4c(c3c1O)C(=O)C(C)(O/C=C/C(OC)C(C)C(OC(C)=O)C(C)C(O)C(C)C(O)C(C)/C=C/C=C(C)C(=O)N2)O4. The number of amides is 1. The van der Waals surface area contributed by atoms with Gasteiger partial charge in [0, 0.05) is 61.2 Å². The number of ketones is 1. The Bertz CT molecular complexity index is 2040. The van der Waals surface area contributed by atoms with Crippen LogP contribution in [-0.4, -0.2) is 93.3 Å². The van der Waals surface area contributed by atoms with Crippen LogP contribution in [0.5, 0.6) is 23.0 Å². The van der Waals surface area contributed by atoms with Gasteiger partial charge in [-0.2, -0.15) is 0 Å². The number of unbranched alkanes of at least 4 members (excludes halogenated alkanes) is 5. The molecule has 15 heteroatoms. The van der Waals surface area contributed by atoms with E-state index in [9.17, 15) is 39.9 Å². The molecule has 2 aromatic carbocycles. The van der Waals surface area contributed by atoms with E-state index in [1.807, 2.05) is 0 Å². The first kappa shape index (κ1) is 48.5. The number of carbonyl (C=O) groups excluding carboxylic acids is 3. The molecule has 3 aliphatic rings. The molecule has 6 N–H and O–H groups in total. The largest absolute Gasteiger partial charge is 0.507 e. The molecule has 9 atom stereocenters. The number of aromatic hydroxyl groups is 3. The summed E-state index contributed by atoms with van der Waals surface area (Å²) in [6, 6.07) is 0. The van der Waals surface area contributed by atoms with Crippen LogP contribution in [0.25, 0.3) is 10.8 Å². The van der Waals surface area contributed by atoms with Crippen LogP contribution in [0.2, 0.25) is 0 Å². The molecule has 0 radical (unpaired) electrons. The van der Waals surface area contributed by atoms with Crippen LogP contribution in [0, 0.1) is 30.6 Å². The topological polar surface area (TPSA) is 223 Å². The van der Waals surface area contributed by atoms with Gasteiger partial charge < -0.3 is 54.6 Å². The van der Waals surface area contributed by atoms with Gasteiger partial charge in [-0.15, -0.1) is 0 Å². The number of anilines is 1. The Labute approximate surface area is 358 Å². The van der Waals surface area contributed by atoms with Gasteiger partial charge in [-0.3, -0.25) is 14.4 Å². The maximum Gasteiger partial charge on any atom is 0.312 e. The number of hydrogen-bond donors (Lipinski definition) is 6. The van der Waals surface area contributed by atoms with Crippen molar-refractivity contribution in [1.82, 2.24) is 0 Å². The number of allylic oxidation sites excluding steroid dienone is 2. The van der Waals surface area contributed by atoms with Crippen LogP contribution >= 0.6 is 0 Å². The van der Waals surface area contributed by atoms with Crippen LogP contribution < -0.4 is 10.1 Å². The molecule has 0 fully saturated rings. The van der Waals surface area contributed by atoms with Crippen molar-refractivity contribution in [3.63, 3.8) is 0 Å². The number of nitrogens with zero attached hydrogens (tertiary/aromatic N) is 1. The van der Waals surface area contributed by atoms with E-state index in [0.717, 1.165) is 44.7 Å². The van der Waals surface area contributed by atoms with E-state index in [4.69, 9.17) is 23.8 Å². The van der Waals surface area contributed by atoms with Gasteiger partial charge in [-0.25, -0.2) is 0 Å². The highest BCUT2D eigenvalue weighted by Crippen LogP contribution is 2.55. The number of esters is 1. The van der Waals surface area contributed by atoms with Crippen molar-refractivity contribution < 1.29 is 63.7 Å². The standard InChI is InChI=1S/C46H64N2O13/c1-11-12-13-14-15-16-21-59-47-23-31-36-41(54)34-33(40(31)53)35-43(29(7)39(34)52)61-46(9,44(35)55)58-22-20-32(57-10)26(4)42(60-30(8)49)28(6)38(51)27(5)37(50)24(2)18-17-19-25(3)45(56)48-36/h17-20,22-24,26-28,32,37-38,42,50-54H,11-16,21H2,1-10H3,(H,48,56)/b18-17+,22-20+,25-19?,47-23+. The molecule has 5 bridgehead atoms. The summed E-state index contributed by atoms with van der Waals surface area (Å²) >= 11 is 0. The highest BCUT2D eigenvalue weighted by Gasteiger charge is 2.50. The van der Waals surface area contributed by atoms with Gasteiger partial charge in [0.2, 0.25) is 0 Å². The zero-order chi connectivity index (χ0) is 45.3. The van der Waals surface area contributed by atoms with E-state index in [2.05, 4.69) is 17.4 Å². The van der Waals surface area contributed by atoms with Gasteiger partial charge in [0.1, 0.15) is 30.0 Å². The fraction of sp³-hybridized carbons (Fsp3) is 0.565. The molecule has 0 spiro atoms. The number of nitrogens with one attached hydrogen (secondary N) is 1. The van der Waals surface area contributed by atoms with Crippen LogP contribution in [0.4, 0.5) is 5.69 Å². The predicted octanol–water partition coefficient (Wildman–Crippen LogP) is 7.47. The lowest BCUT2D eigenvalue weighted by Gasteiger charge is -2.38. The van der Waals surface area contributed by atoms with Crippen molar-refractivity contribution in [3.05, 3.63) is 52.8 Å². The number of fused-ring (bicyclic) bond motifs is 14. The molecule has 336 valence electrons. The number of Topliss-reactive ketones (excluding diaryl/α,β-unsaturated/α-hetero) is 1. The molecular weight excluding hydrogens is 789 g/mol. The van der Waals surface area contributed by atoms with Gasteiger partial charge in [-0.1, -0.05) is 83.7 Å². The van der Waals surface area contributed by atoms with Crippen molar-refractivity contribution in [3.8, 4) is 23.0 Å². The normalized spacial score (nSPS) is 28.6. The third-order valence-electron chi connectivity index (χ3n) is 11.9. The Kier molecular flexibility index (Phi) is 16.8. The summed E-state index contributed by atoms with van der Waals surface area (Å²) in [7, 11) is 1.43. The van der Waals surface area contributed by atoms with Gasteiger partial charge in [-0.05, 0) is 32.8 Å². The Morgan fingerprint density at radius 3 is 2.25 bits per heavy atom. The number of hydrogen-bond acceptors (Lipinski definition) is 14. The van der Waals surface area contributed by atoms with E-state index < -0.39 is 88.8 Å². The Morgan fingerprint density at radius 1 is 0.918 bits per heavy atom. The van der Waals surface area contributed by atoms with Gasteiger partial charge in [0.25, 0.3) is 11.7 Å².